The van der Waals surface area contributed by atoms with Crippen LogP contribution in [0.15, 0.2) is 36.4 Å². The van der Waals surface area contributed by atoms with Crippen LogP contribution in [0, 0.1) is 0 Å². The molecule has 0 unspecified atom stereocenters. The highest BCUT2D eigenvalue weighted by Crippen LogP contribution is 2.38. The third-order valence-electron chi connectivity index (χ3n) is 4.99. The maximum atomic E-state index is 6.05. The molecule has 0 aromatic heterocycles. The summed E-state index contributed by atoms with van der Waals surface area (Å²) in [6.07, 6.45) is 3.69. The molecule has 1 aliphatic heterocycles. The van der Waals surface area contributed by atoms with E-state index >= 15 is 0 Å². The average molecular weight is 326 g/mol. The first-order valence-corrected chi connectivity index (χ1v) is 9.44. The average Bonchev–Trinajstić information content (AvgIpc) is 2.64. The van der Waals surface area contributed by atoms with Crippen LogP contribution in [0.5, 0.6) is 5.75 Å². The molecule has 3 heteroatoms. The van der Waals surface area contributed by atoms with Gasteiger partial charge < -0.3 is 10.1 Å². The van der Waals surface area contributed by atoms with E-state index in [0.717, 1.165) is 31.9 Å². The lowest BCUT2D eigenvalue weighted by atomic mass is 9.92. The normalized spacial score (nSPS) is 17.1. The van der Waals surface area contributed by atoms with Gasteiger partial charge in [-0.3, -0.25) is 4.90 Å². The number of nitrogens with one attached hydrogen (secondary N) is 1. The number of hydrogen-bond donors (Lipinski definition) is 1. The Morgan fingerprint density at radius 3 is 2.62 bits per heavy atom. The first-order valence-electron chi connectivity index (χ1n) is 9.44. The van der Waals surface area contributed by atoms with Crippen molar-refractivity contribution in [1.82, 2.24) is 10.2 Å². The van der Waals surface area contributed by atoms with Crippen molar-refractivity contribution in [2.75, 3.05) is 32.8 Å². The zero-order chi connectivity index (χ0) is 16.8. The van der Waals surface area contributed by atoms with E-state index in [9.17, 15) is 0 Å². The van der Waals surface area contributed by atoms with E-state index in [0.29, 0.717) is 12.6 Å². The van der Waals surface area contributed by atoms with E-state index < -0.39 is 0 Å². The van der Waals surface area contributed by atoms with Crippen LogP contribution in [-0.2, 0) is 0 Å². The van der Waals surface area contributed by atoms with Crippen LogP contribution in [0.2, 0.25) is 0 Å². The van der Waals surface area contributed by atoms with Crippen molar-refractivity contribution in [2.45, 2.75) is 39.2 Å². The fourth-order valence-electron chi connectivity index (χ4n) is 3.80. The van der Waals surface area contributed by atoms with Gasteiger partial charge in [-0.15, -0.1) is 0 Å². The summed E-state index contributed by atoms with van der Waals surface area (Å²) < 4.78 is 6.05. The molecule has 0 saturated carbocycles. The van der Waals surface area contributed by atoms with Crippen molar-refractivity contribution >= 4 is 10.8 Å². The van der Waals surface area contributed by atoms with Gasteiger partial charge in [0.1, 0.15) is 5.75 Å². The van der Waals surface area contributed by atoms with Gasteiger partial charge in [-0.1, -0.05) is 50.1 Å². The Hall–Kier alpha value is -1.58. The Kier molecular flexibility index (Phi) is 6.11. The minimum absolute atomic E-state index is 0.444. The largest absolute Gasteiger partial charge is 0.494 e. The van der Waals surface area contributed by atoms with Gasteiger partial charge in [0, 0.05) is 37.8 Å². The second-order valence-electron chi connectivity index (χ2n) is 6.58. The van der Waals surface area contributed by atoms with Gasteiger partial charge in [-0.05, 0) is 30.2 Å². The smallest absolute Gasteiger partial charge is 0.124 e. The first-order chi connectivity index (χ1) is 11.8. The van der Waals surface area contributed by atoms with Crippen molar-refractivity contribution in [3.05, 3.63) is 42.0 Å². The number of ether oxygens (including phenoxy) is 1. The molecule has 1 aliphatic rings. The lowest BCUT2D eigenvalue weighted by Gasteiger charge is -2.36. The summed E-state index contributed by atoms with van der Waals surface area (Å²) in [5.41, 5.74) is 1.39. The molecule has 2 aromatic rings. The quantitative estimate of drug-likeness (QED) is 0.817. The third kappa shape index (κ3) is 3.73. The van der Waals surface area contributed by atoms with E-state index in [2.05, 4.69) is 60.5 Å². The summed E-state index contributed by atoms with van der Waals surface area (Å²) in [5, 5.41) is 6.14. The molecule has 3 rings (SSSR count). The van der Waals surface area contributed by atoms with Crippen molar-refractivity contribution < 1.29 is 4.74 Å². The molecule has 24 heavy (non-hydrogen) atoms. The maximum Gasteiger partial charge on any atom is 0.124 e. The summed E-state index contributed by atoms with van der Waals surface area (Å²) in [6, 6.07) is 13.5. The second kappa shape index (κ2) is 8.50. The van der Waals surface area contributed by atoms with Crippen LogP contribution >= 0.6 is 0 Å². The van der Waals surface area contributed by atoms with Gasteiger partial charge in [0.15, 0.2) is 0 Å². The lowest BCUT2D eigenvalue weighted by Crippen LogP contribution is -2.45. The fourth-order valence-corrected chi connectivity index (χ4v) is 3.80. The number of unbranched alkanes of at least 4 members (excludes halogenated alkanes) is 1. The first kappa shape index (κ1) is 17.2. The zero-order valence-electron chi connectivity index (χ0n) is 15.1. The van der Waals surface area contributed by atoms with Crippen LogP contribution in [0.1, 0.15) is 44.7 Å². The van der Waals surface area contributed by atoms with Gasteiger partial charge in [-0.25, -0.2) is 0 Å². The SMILES string of the molecule is CCCC[C@H](c1c(OCC)ccc2ccccc12)N1CCNCC1. The molecule has 0 bridgehead atoms. The topological polar surface area (TPSA) is 24.5 Å². The maximum absolute atomic E-state index is 6.05. The number of nitrogens with zero attached hydrogens (tertiary/aromatic N) is 1. The lowest BCUT2D eigenvalue weighted by molar-refractivity contribution is 0.160. The molecule has 0 aliphatic carbocycles. The molecule has 0 amide bonds. The van der Waals surface area contributed by atoms with Crippen LogP contribution < -0.4 is 10.1 Å². The summed E-state index contributed by atoms with van der Waals surface area (Å²) in [7, 11) is 0. The van der Waals surface area contributed by atoms with Crippen LogP contribution in [0.3, 0.4) is 0 Å². The molecule has 1 atom stereocenters. The number of benzene rings is 2. The number of hydrogen-bond acceptors (Lipinski definition) is 3. The highest BCUT2D eigenvalue weighted by molar-refractivity contribution is 5.88. The summed E-state index contributed by atoms with van der Waals surface area (Å²) in [6.45, 7) is 9.46. The van der Waals surface area contributed by atoms with Crippen LogP contribution in [0.25, 0.3) is 10.8 Å². The molecular weight excluding hydrogens is 296 g/mol. The fraction of sp³-hybridized carbons (Fsp3) is 0.524. The van der Waals surface area contributed by atoms with E-state index in [1.807, 2.05) is 0 Å². The van der Waals surface area contributed by atoms with Gasteiger partial charge in [0.05, 0.1) is 6.61 Å². The van der Waals surface area contributed by atoms with Crippen LogP contribution in [-0.4, -0.2) is 37.7 Å². The minimum atomic E-state index is 0.444. The highest BCUT2D eigenvalue weighted by atomic mass is 16.5. The Bertz CT molecular complexity index is 649. The summed E-state index contributed by atoms with van der Waals surface area (Å²) >= 11 is 0. The minimum Gasteiger partial charge on any atom is -0.494 e. The monoisotopic (exact) mass is 326 g/mol. The number of fused-ring (bicyclic) bond motifs is 1. The van der Waals surface area contributed by atoms with E-state index in [4.69, 9.17) is 4.74 Å². The number of rotatable bonds is 7. The molecule has 1 heterocycles. The van der Waals surface area contributed by atoms with Crippen LogP contribution in [0.4, 0.5) is 0 Å². The van der Waals surface area contributed by atoms with Gasteiger partial charge >= 0.3 is 0 Å². The second-order valence-corrected chi connectivity index (χ2v) is 6.58. The Balaban J connectivity index is 2.07. The van der Waals surface area contributed by atoms with Gasteiger partial charge in [-0.2, -0.15) is 0 Å². The Morgan fingerprint density at radius 2 is 1.88 bits per heavy atom. The van der Waals surface area contributed by atoms with Gasteiger partial charge in [0.2, 0.25) is 0 Å². The molecular formula is C21H30N2O. The molecule has 3 nitrogen and oxygen atoms in total. The Labute approximate surface area is 146 Å². The summed E-state index contributed by atoms with van der Waals surface area (Å²) in [5.74, 6) is 1.07. The molecule has 1 saturated heterocycles. The molecule has 1 N–H and O–H groups in total. The summed E-state index contributed by atoms with van der Waals surface area (Å²) in [4.78, 5) is 2.65. The van der Waals surface area contributed by atoms with Crippen molar-refractivity contribution in [3.8, 4) is 5.75 Å². The van der Waals surface area contributed by atoms with E-state index in [-0.39, 0.29) is 0 Å². The predicted octanol–water partition coefficient (Wildman–Crippen LogP) is 4.38. The molecule has 2 aromatic carbocycles. The Morgan fingerprint density at radius 1 is 1.08 bits per heavy atom. The van der Waals surface area contributed by atoms with E-state index in [1.54, 1.807) is 0 Å². The van der Waals surface area contributed by atoms with Crippen molar-refractivity contribution in [3.63, 3.8) is 0 Å². The highest BCUT2D eigenvalue weighted by Gasteiger charge is 2.26. The van der Waals surface area contributed by atoms with Gasteiger partial charge in [0.25, 0.3) is 0 Å². The third-order valence-corrected chi connectivity index (χ3v) is 4.99. The number of piperazine rings is 1. The van der Waals surface area contributed by atoms with Crippen molar-refractivity contribution in [1.29, 1.82) is 0 Å². The molecule has 1 fully saturated rings. The van der Waals surface area contributed by atoms with Crippen molar-refractivity contribution in [2.24, 2.45) is 0 Å². The zero-order valence-corrected chi connectivity index (χ0v) is 15.1. The molecule has 130 valence electrons. The molecule has 0 spiro atoms. The predicted molar refractivity (Wildman–Crippen MR) is 102 cm³/mol. The van der Waals surface area contributed by atoms with E-state index in [1.165, 1.54) is 35.6 Å². The standard InChI is InChI=1S/C21H30N2O/c1-3-5-10-19(23-15-13-22-14-16-23)21-18-9-7-6-8-17(18)11-12-20(21)24-4-2/h6-9,11-12,19,22H,3-5,10,13-16H2,1-2H3/t19-/m1/s1. The molecule has 0 radical (unpaired) electrons.